The first kappa shape index (κ1) is 14.4. The van der Waals surface area contributed by atoms with Crippen molar-refractivity contribution in [2.24, 2.45) is 0 Å². The van der Waals surface area contributed by atoms with Crippen LogP contribution in [0.5, 0.6) is 0 Å². The van der Waals surface area contributed by atoms with Gasteiger partial charge in [-0.1, -0.05) is 6.07 Å². The summed E-state index contributed by atoms with van der Waals surface area (Å²) in [5.74, 6) is 0. The van der Waals surface area contributed by atoms with Crippen LogP contribution in [0.3, 0.4) is 0 Å². The van der Waals surface area contributed by atoms with Gasteiger partial charge >= 0.3 is 0 Å². The molecule has 2 rings (SSSR count). The van der Waals surface area contributed by atoms with Crippen LogP contribution in [0, 0.1) is 0 Å². The summed E-state index contributed by atoms with van der Waals surface area (Å²) in [5.41, 5.74) is 1.19. The van der Waals surface area contributed by atoms with E-state index >= 15 is 0 Å². The van der Waals surface area contributed by atoms with Crippen LogP contribution in [-0.2, 0) is 6.42 Å². The number of pyridine rings is 1. The fourth-order valence-electron chi connectivity index (χ4n) is 2.52. The van der Waals surface area contributed by atoms with Gasteiger partial charge in [-0.05, 0) is 39.2 Å². The zero-order chi connectivity index (χ0) is 13.5. The summed E-state index contributed by atoms with van der Waals surface area (Å²) >= 11 is 0. The van der Waals surface area contributed by atoms with E-state index < -0.39 is 0 Å². The van der Waals surface area contributed by atoms with Crippen LogP contribution in [0.1, 0.15) is 12.1 Å². The molecule has 0 bridgehead atoms. The zero-order valence-corrected chi connectivity index (χ0v) is 12.2. The molecule has 19 heavy (non-hydrogen) atoms. The second-order valence-corrected chi connectivity index (χ2v) is 5.58. The molecule has 4 nitrogen and oxygen atoms in total. The Labute approximate surface area is 116 Å². The molecule has 1 N–H and O–H groups in total. The van der Waals surface area contributed by atoms with Gasteiger partial charge in [-0.15, -0.1) is 0 Å². The van der Waals surface area contributed by atoms with Crippen LogP contribution in [0.4, 0.5) is 0 Å². The maximum absolute atomic E-state index is 4.36. The largest absolute Gasteiger partial charge is 0.311 e. The van der Waals surface area contributed by atoms with Crippen molar-refractivity contribution < 1.29 is 0 Å². The smallest absolute Gasteiger partial charge is 0.0416 e. The van der Waals surface area contributed by atoms with Gasteiger partial charge in [-0.2, -0.15) is 0 Å². The van der Waals surface area contributed by atoms with E-state index in [-0.39, 0.29) is 0 Å². The first-order valence-electron chi connectivity index (χ1n) is 7.24. The number of rotatable bonds is 6. The van der Waals surface area contributed by atoms with E-state index in [0.717, 1.165) is 26.1 Å². The van der Waals surface area contributed by atoms with E-state index in [4.69, 9.17) is 0 Å². The molecule has 1 fully saturated rings. The molecule has 1 aromatic heterocycles. The Morgan fingerprint density at radius 1 is 1.42 bits per heavy atom. The zero-order valence-electron chi connectivity index (χ0n) is 12.2. The van der Waals surface area contributed by atoms with Crippen LogP contribution >= 0.6 is 0 Å². The van der Waals surface area contributed by atoms with Gasteiger partial charge in [-0.3, -0.25) is 4.98 Å². The van der Waals surface area contributed by atoms with Crippen molar-refractivity contribution in [1.29, 1.82) is 0 Å². The molecule has 1 aromatic rings. The van der Waals surface area contributed by atoms with Gasteiger partial charge in [0.05, 0.1) is 0 Å². The third kappa shape index (κ3) is 5.27. The second-order valence-electron chi connectivity index (χ2n) is 5.58. The van der Waals surface area contributed by atoms with Crippen molar-refractivity contribution in [3.8, 4) is 0 Å². The molecule has 0 spiro atoms. The molecule has 0 amide bonds. The predicted octanol–water partition coefficient (Wildman–Crippen LogP) is 0.850. The van der Waals surface area contributed by atoms with Crippen molar-refractivity contribution in [2.75, 3.05) is 46.8 Å². The first-order valence-corrected chi connectivity index (χ1v) is 7.24. The predicted molar refractivity (Wildman–Crippen MR) is 79.3 cm³/mol. The first-order chi connectivity index (χ1) is 9.24. The highest BCUT2D eigenvalue weighted by molar-refractivity contribution is 5.03. The minimum absolute atomic E-state index is 0.649. The molecule has 1 unspecified atom stereocenters. The molecule has 106 valence electrons. The van der Waals surface area contributed by atoms with Crippen molar-refractivity contribution >= 4 is 0 Å². The van der Waals surface area contributed by atoms with E-state index in [9.17, 15) is 0 Å². The summed E-state index contributed by atoms with van der Waals surface area (Å²) in [6.45, 7) is 5.71. The molecule has 1 saturated heterocycles. The van der Waals surface area contributed by atoms with Gasteiger partial charge in [0.2, 0.25) is 0 Å². The number of piperazine rings is 1. The highest BCUT2D eigenvalue weighted by Crippen LogP contribution is 2.03. The Balaban J connectivity index is 1.63. The van der Waals surface area contributed by atoms with Crippen molar-refractivity contribution in [1.82, 2.24) is 20.1 Å². The van der Waals surface area contributed by atoms with Crippen LogP contribution in [0.15, 0.2) is 24.4 Å². The molecule has 0 aliphatic carbocycles. The lowest BCUT2D eigenvalue weighted by molar-refractivity contribution is 0.214. The van der Waals surface area contributed by atoms with Gasteiger partial charge in [0.1, 0.15) is 0 Å². The molecule has 0 radical (unpaired) electrons. The lowest BCUT2D eigenvalue weighted by Gasteiger charge is -2.32. The highest BCUT2D eigenvalue weighted by Gasteiger charge is 2.16. The Hall–Kier alpha value is -0.970. The number of hydrogen-bond donors (Lipinski definition) is 1. The summed E-state index contributed by atoms with van der Waals surface area (Å²) in [6.07, 6.45) is 4.13. The standard InChI is InChI=1S/C15H26N4/c1-18(10-6-14-5-3-4-8-16-14)11-7-15-13-19(2)12-9-17-15/h3-5,8,15,17H,6-7,9-13H2,1-2H3. The molecule has 0 aromatic carbocycles. The average molecular weight is 262 g/mol. The monoisotopic (exact) mass is 262 g/mol. The van der Waals surface area contributed by atoms with Gasteiger partial charge in [0.25, 0.3) is 0 Å². The molecule has 1 atom stereocenters. The van der Waals surface area contributed by atoms with E-state index in [0.29, 0.717) is 6.04 Å². The summed E-state index contributed by atoms with van der Waals surface area (Å²) in [5, 5.41) is 3.60. The number of nitrogens with one attached hydrogen (secondary N) is 1. The maximum atomic E-state index is 4.36. The fraction of sp³-hybridized carbons (Fsp3) is 0.667. The Morgan fingerprint density at radius 3 is 3.05 bits per heavy atom. The topological polar surface area (TPSA) is 31.4 Å². The molecule has 1 aliphatic rings. The Bertz CT molecular complexity index is 354. The normalized spacial score (nSPS) is 20.9. The van der Waals surface area contributed by atoms with Crippen LogP contribution < -0.4 is 5.32 Å². The summed E-state index contributed by atoms with van der Waals surface area (Å²) in [4.78, 5) is 9.18. The molecule has 2 heterocycles. The fourth-order valence-corrected chi connectivity index (χ4v) is 2.52. The number of nitrogens with zero attached hydrogens (tertiary/aromatic N) is 3. The maximum Gasteiger partial charge on any atom is 0.0416 e. The highest BCUT2D eigenvalue weighted by atomic mass is 15.2. The van der Waals surface area contributed by atoms with E-state index in [1.165, 1.54) is 25.2 Å². The second kappa shape index (κ2) is 7.58. The van der Waals surface area contributed by atoms with Crippen molar-refractivity contribution in [3.05, 3.63) is 30.1 Å². The minimum atomic E-state index is 0.649. The van der Waals surface area contributed by atoms with Gasteiger partial charge in [-0.25, -0.2) is 0 Å². The van der Waals surface area contributed by atoms with Gasteiger partial charge in [0.15, 0.2) is 0 Å². The van der Waals surface area contributed by atoms with E-state index in [2.05, 4.69) is 46.3 Å². The third-order valence-corrected chi connectivity index (χ3v) is 3.79. The third-order valence-electron chi connectivity index (χ3n) is 3.79. The number of hydrogen-bond acceptors (Lipinski definition) is 4. The quantitative estimate of drug-likeness (QED) is 0.823. The molecular formula is C15H26N4. The molecule has 4 heteroatoms. The Morgan fingerprint density at radius 2 is 2.32 bits per heavy atom. The van der Waals surface area contributed by atoms with Gasteiger partial charge in [0, 0.05) is 50.5 Å². The van der Waals surface area contributed by atoms with Crippen molar-refractivity contribution in [2.45, 2.75) is 18.9 Å². The SMILES string of the molecule is CN(CCc1ccccn1)CCC1CN(C)CCN1. The average Bonchev–Trinajstić information content (AvgIpc) is 2.44. The van der Waals surface area contributed by atoms with Crippen LogP contribution in [-0.4, -0.2) is 67.6 Å². The molecule has 0 saturated carbocycles. The number of aromatic nitrogens is 1. The Kier molecular flexibility index (Phi) is 5.76. The van der Waals surface area contributed by atoms with Crippen molar-refractivity contribution in [3.63, 3.8) is 0 Å². The van der Waals surface area contributed by atoms with Crippen LogP contribution in [0.25, 0.3) is 0 Å². The van der Waals surface area contributed by atoms with E-state index in [1.54, 1.807) is 0 Å². The molecule has 1 aliphatic heterocycles. The summed E-state index contributed by atoms with van der Waals surface area (Å²) in [7, 11) is 4.41. The lowest BCUT2D eigenvalue weighted by atomic mass is 10.1. The molecular weight excluding hydrogens is 236 g/mol. The number of likely N-dealkylation sites (N-methyl/N-ethyl adjacent to an activating group) is 2. The minimum Gasteiger partial charge on any atom is -0.311 e. The summed E-state index contributed by atoms with van der Waals surface area (Å²) < 4.78 is 0. The van der Waals surface area contributed by atoms with E-state index in [1.807, 2.05) is 12.3 Å². The summed E-state index contributed by atoms with van der Waals surface area (Å²) in [6, 6.07) is 6.78. The lowest BCUT2D eigenvalue weighted by Crippen LogP contribution is -2.49. The van der Waals surface area contributed by atoms with Crippen LogP contribution in [0.2, 0.25) is 0 Å². The van der Waals surface area contributed by atoms with Gasteiger partial charge < -0.3 is 15.1 Å².